The Morgan fingerprint density at radius 3 is 2.45 bits per heavy atom. The molecule has 2 heteroatoms. The minimum absolute atomic E-state index is 0.148. The van der Waals surface area contributed by atoms with Crippen LogP contribution >= 0.6 is 0 Å². The molecule has 0 aromatic rings. The molecule has 2 nitrogen and oxygen atoms in total. The van der Waals surface area contributed by atoms with Crippen molar-refractivity contribution in [3.8, 4) is 0 Å². The molecule has 2 rings (SSSR count). The third kappa shape index (κ3) is 0.732. The van der Waals surface area contributed by atoms with E-state index < -0.39 is 0 Å². The second-order valence-corrected chi connectivity index (χ2v) is 4.04. The summed E-state index contributed by atoms with van der Waals surface area (Å²) in [5.74, 6) is 0.192. The smallest absolute Gasteiger partial charge is 0.158 e. The van der Waals surface area contributed by atoms with Crippen LogP contribution in [0.5, 0.6) is 0 Å². The van der Waals surface area contributed by atoms with Crippen molar-refractivity contribution in [1.82, 2.24) is 0 Å². The first-order chi connectivity index (χ1) is 5.06. The lowest BCUT2D eigenvalue weighted by Crippen LogP contribution is -2.58. The van der Waals surface area contributed by atoms with Crippen LogP contribution < -0.4 is 0 Å². The van der Waals surface area contributed by atoms with Crippen LogP contribution in [0.3, 0.4) is 0 Å². The van der Waals surface area contributed by atoms with Gasteiger partial charge in [-0.15, -0.1) is 0 Å². The molecule has 0 radical (unpaired) electrons. The largest absolute Gasteiger partial charge is 0.369 e. The highest BCUT2D eigenvalue weighted by Gasteiger charge is 2.55. The number of ketones is 1. The van der Waals surface area contributed by atoms with Gasteiger partial charge in [-0.2, -0.15) is 0 Å². The summed E-state index contributed by atoms with van der Waals surface area (Å²) in [5, 5.41) is 0. The van der Waals surface area contributed by atoms with Gasteiger partial charge >= 0.3 is 0 Å². The molecule has 2 aliphatic rings. The Morgan fingerprint density at radius 2 is 2.27 bits per heavy atom. The van der Waals surface area contributed by atoms with Crippen LogP contribution in [0, 0.1) is 5.41 Å². The van der Waals surface area contributed by atoms with Crippen LogP contribution in [0.15, 0.2) is 12.2 Å². The molecule has 1 unspecified atom stereocenters. The molecule has 1 heterocycles. The lowest BCUT2D eigenvalue weighted by molar-refractivity contribution is -0.220. The van der Waals surface area contributed by atoms with E-state index in [9.17, 15) is 4.79 Å². The fraction of sp³-hybridized carbons (Fsp3) is 0.667. The summed E-state index contributed by atoms with van der Waals surface area (Å²) in [6.07, 6.45) is 4.10. The maximum absolute atomic E-state index is 11.0. The number of rotatable bonds is 0. The number of allylic oxidation sites excluding steroid dienone is 1. The second kappa shape index (κ2) is 1.75. The molecule has 0 bridgehead atoms. The summed E-state index contributed by atoms with van der Waals surface area (Å²) in [6, 6.07) is 0. The van der Waals surface area contributed by atoms with Gasteiger partial charge < -0.3 is 4.74 Å². The highest BCUT2D eigenvalue weighted by molar-refractivity contribution is 5.94. The molecule has 1 aliphatic carbocycles. The second-order valence-electron chi connectivity index (χ2n) is 4.04. The number of carbonyl (C=O) groups excluding carboxylic acids is 1. The van der Waals surface area contributed by atoms with E-state index in [-0.39, 0.29) is 16.8 Å². The van der Waals surface area contributed by atoms with E-state index in [1.54, 1.807) is 6.08 Å². The van der Waals surface area contributed by atoms with Crippen LogP contribution in [0.1, 0.15) is 20.3 Å². The van der Waals surface area contributed by atoms with E-state index in [1.807, 2.05) is 6.08 Å². The topological polar surface area (TPSA) is 26.3 Å². The van der Waals surface area contributed by atoms with Gasteiger partial charge in [-0.1, -0.05) is 13.8 Å². The van der Waals surface area contributed by atoms with Crippen LogP contribution in [-0.2, 0) is 9.53 Å². The zero-order valence-corrected chi connectivity index (χ0v) is 6.89. The van der Waals surface area contributed by atoms with Crippen molar-refractivity contribution in [2.75, 3.05) is 6.61 Å². The zero-order valence-electron chi connectivity index (χ0n) is 6.89. The lowest BCUT2D eigenvalue weighted by atomic mass is 9.70. The Bertz CT molecular complexity index is 240. The highest BCUT2D eigenvalue weighted by Crippen LogP contribution is 2.49. The summed E-state index contributed by atoms with van der Waals surface area (Å²) < 4.78 is 5.46. The van der Waals surface area contributed by atoms with E-state index >= 15 is 0 Å². The Hall–Kier alpha value is -0.630. The number of hydrogen-bond acceptors (Lipinski definition) is 2. The van der Waals surface area contributed by atoms with Crippen molar-refractivity contribution in [2.45, 2.75) is 25.9 Å². The lowest BCUT2D eigenvalue weighted by Gasteiger charge is -2.52. The van der Waals surface area contributed by atoms with Gasteiger partial charge in [0.15, 0.2) is 5.78 Å². The molecule has 1 spiro atoms. The van der Waals surface area contributed by atoms with Crippen molar-refractivity contribution in [2.24, 2.45) is 5.41 Å². The number of hydrogen-bond donors (Lipinski definition) is 0. The first kappa shape index (κ1) is 7.04. The molecule has 11 heavy (non-hydrogen) atoms. The minimum atomic E-state index is -0.246. The van der Waals surface area contributed by atoms with Crippen molar-refractivity contribution in [1.29, 1.82) is 0 Å². The predicted molar refractivity (Wildman–Crippen MR) is 41.2 cm³/mol. The van der Waals surface area contributed by atoms with Gasteiger partial charge in [0.25, 0.3) is 0 Å². The Kier molecular flexibility index (Phi) is 1.12. The van der Waals surface area contributed by atoms with E-state index in [4.69, 9.17) is 4.74 Å². The molecule has 0 N–H and O–H groups in total. The molecule has 1 saturated heterocycles. The fourth-order valence-corrected chi connectivity index (χ4v) is 1.71. The van der Waals surface area contributed by atoms with Crippen molar-refractivity contribution in [3.05, 3.63) is 12.2 Å². The maximum Gasteiger partial charge on any atom is 0.158 e. The Morgan fingerprint density at radius 1 is 1.55 bits per heavy atom. The average molecular weight is 152 g/mol. The van der Waals surface area contributed by atoms with Crippen LogP contribution in [-0.4, -0.2) is 18.0 Å². The normalized spacial score (nSPS) is 39.6. The summed E-state index contributed by atoms with van der Waals surface area (Å²) in [6.45, 7) is 5.05. The number of ether oxygens (including phenoxy) is 1. The predicted octanol–water partition coefficient (Wildman–Crippen LogP) is 1.31. The first-order valence-corrected chi connectivity index (χ1v) is 3.92. The molecule has 0 saturated carbocycles. The molecule has 1 aliphatic heterocycles. The van der Waals surface area contributed by atoms with Crippen LogP contribution in [0.4, 0.5) is 0 Å². The molecule has 0 amide bonds. The van der Waals surface area contributed by atoms with Gasteiger partial charge in [0.2, 0.25) is 0 Å². The van der Waals surface area contributed by atoms with E-state index in [0.717, 1.165) is 6.61 Å². The SMILES string of the molecule is CC1(C)COC12C=CC(=O)C2. The van der Waals surface area contributed by atoms with Gasteiger partial charge in [-0.3, -0.25) is 4.79 Å². The van der Waals surface area contributed by atoms with Crippen molar-refractivity contribution >= 4 is 5.78 Å². The Balaban J connectivity index is 2.27. The van der Waals surface area contributed by atoms with E-state index in [2.05, 4.69) is 13.8 Å². The summed E-state index contributed by atoms with van der Waals surface area (Å²) >= 11 is 0. The molecular formula is C9H12O2. The van der Waals surface area contributed by atoms with Crippen LogP contribution in [0.2, 0.25) is 0 Å². The monoisotopic (exact) mass is 152 g/mol. The summed E-state index contributed by atoms with van der Waals surface area (Å²) in [5.41, 5.74) is -0.0975. The van der Waals surface area contributed by atoms with Crippen molar-refractivity contribution < 1.29 is 9.53 Å². The minimum Gasteiger partial charge on any atom is -0.369 e. The third-order valence-corrected chi connectivity index (χ3v) is 2.81. The molecule has 60 valence electrons. The Labute approximate surface area is 66.2 Å². The number of carbonyl (C=O) groups is 1. The molecule has 1 atom stereocenters. The van der Waals surface area contributed by atoms with E-state index in [0.29, 0.717) is 6.42 Å². The van der Waals surface area contributed by atoms with Gasteiger partial charge in [0, 0.05) is 11.8 Å². The first-order valence-electron chi connectivity index (χ1n) is 3.92. The average Bonchev–Trinajstić information content (AvgIpc) is 2.32. The van der Waals surface area contributed by atoms with Gasteiger partial charge in [0.1, 0.15) is 5.60 Å². The fourth-order valence-electron chi connectivity index (χ4n) is 1.71. The standard InChI is InChI=1S/C9H12O2/c1-8(2)6-11-9(8)4-3-7(10)5-9/h3-4H,5-6H2,1-2H3. The summed E-state index contributed by atoms with van der Waals surface area (Å²) in [7, 11) is 0. The zero-order chi connectivity index (χ0) is 8.11. The third-order valence-electron chi connectivity index (χ3n) is 2.81. The van der Waals surface area contributed by atoms with E-state index in [1.165, 1.54) is 0 Å². The highest BCUT2D eigenvalue weighted by atomic mass is 16.5. The molecular weight excluding hydrogens is 140 g/mol. The van der Waals surface area contributed by atoms with Gasteiger partial charge in [0.05, 0.1) is 6.61 Å². The summed E-state index contributed by atoms with van der Waals surface area (Å²) in [4.78, 5) is 11.0. The van der Waals surface area contributed by atoms with Gasteiger partial charge in [-0.05, 0) is 12.2 Å². The van der Waals surface area contributed by atoms with Gasteiger partial charge in [-0.25, -0.2) is 0 Å². The van der Waals surface area contributed by atoms with Crippen molar-refractivity contribution in [3.63, 3.8) is 0 Å². The molecule has 0 aromatic heterocycles. The maximum atomic E-state index is 11.0. The molecule has 0 aromatic carbocycles. The quantitative estimate of drug-likeness (QED) is 0.523. The van der Waals surface area contributed by atoms with Crippen LogP contribution in [0.25, 0.3) is 0 Å². The molecule has 1 fully saturated rings.